The summed E-state index contributed by atoms with van der Waals surface area (Å²) in [5.74, 6) is 0. The second-order valence-corrected chi connectivity index (χ2v) is 14.1. The van der Waals surface area contributed by atoms with Crippen LogP contribution in [-0.4, -0.2) is 0 Å². The summed E-state index contributed by atoms with van der Waals surface area (Å²) < 4.78 is 0. The summed E-state index contributed by atoms with van der Waals surface area (Å²) in [7, 11) is 0. The third-order valence-corrected chi connectivity index (χ3v) is 10.5. The average molecular weight is 620 g/mol. The van der Waals surface area contributed by atoms with Gasteiger partial charge in [0.15, 0.2) is 0 Å². The van der Waals surface area contributed by atoms with E-state index in [4.69, 9.17) is 0 Å². The van der Waals surface area contributed by atoms with E-state index in [9.17, 15) is 0 Å². The molecule has 0 N–H and O–H groups in total. The molecular weight excluding hydrogens is 579 g/mol. The standard InChI is InChI=1S/C47H41N/c1-30-20-24-41-42(26-30)47(5,6)43-29-45(39-18-12-13-19-40(39)46(41)43)48(44-28-35(22-21-32(44)3)34-15-8-7-9-16-34)36-23-25-38(33(4)27-36)37-17-11-10-14-31(37)2/h7-29H,1-6H3. The summed E-state index contributed by atoms with van der Waals surface area (Å²) in [6.45, 7) is 13.7. The lowest BCUT2D eigenvalue weighted by Crippen LogP contribution is -2.17. The SMILES string of the molecule is Cc1ccc2c(c1)C(C)(C)c1cc(N(c3ccc(-c4ccccc4C)c(C)c3)c3cc(-c4ccccc4)ccc3C)c3ccccc3c1-2. The lowest BCUT2D eigenvalue weighted by atomic mass is 9.81. The van der Waals surface area contributed by atoms with E-state index in [1.54, 1.807) is 0 Å². The van der Waals surface area contributed by atoms with E-state index in [0.717, 1.165) is 5.69 Å². The molecule has 0 saturated carbocycles. The molecule has 0 aromatic heterocycles. The van der Waals surface area contributed by atoms with Crippen LogP contribution < -0.4 is 4.90 Å². The van der Waals surface area contributed by atoms with Crippen LogP contribution in [0.2, 0.25) is 0 Å². The van der Waals surface area contributed by atoms with Gasteiger partial charge in [-0.25, -0.2) is 0 Å². The summed E-state index contributed by atoms with van der Waals surface area (Å²) in [4.78, 5) is 2.52. The molecule has 7 aromatic rings. The van der Waals surface area contributed by atoms with Gasteiger partial charge >= 0.3 is 0 Å². The van der Waals surface area contributed by atoms with Gasteiger partial charge in [0, 0.05) is 22.2 Å². The van der Waals surface area contributed by atoms with Crippen molar-refractivity contribution in [1.82, 2.24) is 0 Å². The molecule has 1 aliphatic carbocycles. The molecule has 0 spiro atoms. The van der Waals surface area contributed by atoms with Gasteiger partial charge in [-0.15, -0.1) is 0 Å². The van der Waals surface area contributed by atoms with Gasteiger partial charge in [0.2, 0.25) is 0 Å². The zero-order valence-corrected chi connectivity index (χ0v) is 28.7. The lowest BCUT2D eigenvalue weighted by molar-refractivity contribution is 0.660. The first-order valence-corrected chi connectivity index (χ1v) is 17.0. The minimum Gasteiger partial charge on any atom is -0.310 e. The fourth-order valence-electron chi connectivity index (χ4n) is 7.90. The maximum Gasteiger partial charge on any atom is 0.0543 e. The molecule has 0 radical (unpaired) electrons. The lowest BCUT2D eigenvalue weighted by Gasteiger charge is -2.31. The van der Waals surface area contributed by atoms with Crippen molar-refractivity contribution in [2.75, 3.05) is 4.90 Å². The van der Waals surface area contributed by atoms with E-state index in [-0.39, 0.29) is 5.41 Å². The van der Waals surface area contributed by atoms with E-state index in [0.29, 0.717) is 0 Å². The average Bonchev–Trinajstić information content (AvgIpc) is 3.32. The molecule has 0 unspecified atom stereocenters. The van der Waals surface area contributed by atoms with Crippen molar-refractivity contribution in [3.05, 3.63) is 173 Å². The summed E-state index contributed by atoms with van der Waals surface area (Å²) in [5.41, 5.74) is 19.0. The smallest absolute Gasteiger partial charge is 0.0543 e. The fourth-order valence-corrected chi connectivity index (χ4v) is 7.90. The normalized spacial score (nSPS) is 13.0. The first-order valence-electron chi connectivity index (χ1n) is 17.0. The van der Waals surface area contributed by atoms with E-state index < -0.39 is 0 Å². The maximum absolute atomic E-state index is 2.52. The van der Waals surface area contributed by atoms with Gasteiger partial charge in [0.05, 0.1) is 5.69 Å². The number of benzene rings is 7. The zero-order chi connectivity index (χ0) is 33.2. The molecule has 234 valence electrons. The maximum atomic E-state index is 2.52. The highest BCUT2D eigenvalue weighted by molar-refractivity contribution is 6.10. The number of rotatable bonds is 5. The van der Waals surface area contributed by atoms with Gasteiger partial charge in [-0.1, -0.05) is 135 Å². The molecule has 0 fully saturated rings. The van der Waals surface area contributed by atoms with E-state index in [2.05, 4.69) is 186 Å². The fraction of sp³-hybridized carbons (Fsp3) is 0.149. The van der Waals surface area contributed by atoms with Gasteiger partial charge in [-0.3, -0.25) is 0 Å². The molecule has 1 heteroatoms. The Morgan fingerprint density at radius 1 is 0.438 bits per heavy atom. The predicted molar refractivity (Wildman–Crippen MR) is 206 cm³/mol. The minimum atomic E-state index is -0.132. The Balaban J connectivity index is 1.42. The zero-order valence-electron chi connectivity index (χ0n) is 28.7. The third kappa shape index (κ3) is 4.76. The van der Waals surface area contributed by atoms with Crippen LogP contribution in [0, 0.1) is 27.7 Å². The van der Waals surface area contributed by atoms with E-state index >= 15 is 0 Å². The molecule has 48 heavy (non-hydrogen) atoms. The minimum absolute atomic E-state index is 0.132. The van der Waals surface area contributed by atoms with E-state index in [1.165, 1.54) is 88.9 Å². The Labute approximate surface area is 285 Å². The topological polar surface area (TPSA) is 3.24 Å². The number of fused-ring (bicyclic) bond motifs is 5. The Morgan fingerprint density at radius 3 is 1.90 bits per heavy atom. The monoisotopic (exact) mass is 619 g/mol. The first kappa shape index (κ1) is 30.0. The number of aryl methyl sites for hydroxylation is 4. The van der Waals surface area contributed by atoms with Crippen LogP contribution in [-0.2, 0) is 5.41 Å². The highest BCUT2D eigenvalue weighted by atomic mass is 15.1. The molecule has 0 bridgehead atoms. The van der Waals surface area contributed by atoms with Crippen LogP contribution in [0.15, 0.2) is 140 Å². The summed E-state index contributed by atoms with van der Waals surface area (Å²) >= 11 is 0. The van der Waals surface area contributed by atoms with Gasteiger partial charge in [0.25, 0.3) is 0 Å². The summed E-state index contributed by atoms with van der Waals surface area (Å²) in [6, 6.07) is 51.8. The van der Waals surface area contributed by atoms with Crippen LogP contribution in [0.3, 0.4) is 0 Å². The second kappa shape index (κ2) is 11.4. The molecule has 1 nitrogen and oxygen atoms in total. The van der Waals surface area contributed by atoms with Crippen LogP contribution >= 0.6 is 0 Å². The van der Waals surface area contributed by atoms with Crippen LogP contribution in [0.1, 0.15) is 47.2 Å². The molecule has 0 saturated heterocycles. The molecule has 0 aliphatic heterocycles. The molecule has 0 amide bonds. The van der Waals surface area contributed by atoms with Crippen molar-refractivity contribution in [2.24, 2.45) is 0 Å². The first-order chi connectivity index (χ1) is 23.2. The van der Waals surface area contributed by atoms with Crippen molar-refractivity contribution >= 4 is 27.8 Å². The Bertz CT molecular complexity index is 2360. The van der Waals surface area contributed by atoms with Gasteiger partial charge in [-0.05, 0) is 119 Å². The van der Waals surface area contributed by atoms with Crippen molar-refractivity contribution in [3.63, 3.8) is 0 Å². The highest BCUT2D eigenvalue weighted by Crippen LogP contribution is 2.55. The molecule has 8 rings (SSSR count). The van der Waals surface area contributed by atoms with Gasteiger partial charge in [-0.2, -0.15) is 0 Å². The quantitative estimate of drug-likeness (QED) is 0.185. The predicted octanol–water partition coefficient (Wildman–Crippen LogP) is 13.2. The van der Waals surface area contributed by atoms with Crippen LogP contribution in [0.25, 0.3) is 44.2 Å². The van der Waals surface area contributed by atoms with Crippen molar-refractivity contribution < 1.29 is 0 Å². The van der Waals surface area contributed by atoms with E-state index in [1.807, 2.05) is 0 Å². The van der Waals surface area contributed by atoms with Gasteiger partial charge in [0.1, 0.15) is 0 Å². The molecule has 0 heterocycles. The van der Waals surface area contributed by atoms with Crippen LogP contribution in [0.4, 0.5) is 17.1 Å². The summed E-state index contributed by atoms with van der Waals surface area (Å²) in [6.07, 6.45) is 0. The van der Waals surface area contributed by atoms with Crippen molar-refractivity contribution in [2.45, 2.75) is 47.0 Å². The Kier molecular flexibility index (Phi) is 7.11. The number of hydrogen-bond donors (Lipinski definition) is 0. The number of nitrogens with zero attached hydrogens (tertiary/aromatic N) is 1. The third-order valence-electron chi connectivity index (χ3n) is 10.5. The van der Waals surface area contributed by atoms with Crippen molar-refractivity contribution in [1.29, 1.82) is 0 Å². The number of anilines is 3. The molecule has 7 aromatic carbocycles. The largest absolute Gasteiger partial charge is 0.310 e. The Morgan fingerprint density at radius 2 is 1.12 bits per heavy atom. The summed E-state index contributed by atoms with van der Waals surface area (Å²) in [5, 5.41) is 2.56. The van der Waals surface area contributed by atoms with Gasteiger partial charge < -0.3 is 4.90 Å². The highest BCUT2D eigenvalue weighted by Gasteiger charge is 2.38. The molecule has 0 atom stereocenters. The second-order valence-electron chi connectivity index (χ2n) is 14.1. The Hall–Kier alpha value is -5.40. The van der Waals surface area contributed by atoms with Crippen molar-refractivity contribution in [3.8, 4) is 33.4 Å². The molecule has 1 aliphatic rings. The number of hydrogen-bond acceptors (Lipinski definition) is 1. The van der Waals surface area contributed by atoms with Crippen LogP contribution in [0.5, 0.6) is 0 Å². The molecular formula is C47H41N.